The molecule has 24 heavy (non-hydrogen) atoms. The van der Waals surface area contributed by atoms with Crippen molar-refractivity contribution < 1.29 is 31.1 Å². The predicted molar refractivity (Wildman–Crippen MR) is 75.1 cm³/mol. The van der Waals surface area contributed by atoms with Crippen molar-refractivity contribution in [2.45, 2.75) is 12.4 Å². The summed E-state index contributed by atoms with van der Waals surface area (Å²) in [6.07, 6.45) is -9.59. The maximum absolute atomic E-state index is 12.8. The summed E-state index contributed by atoms with van der Waals surface area (Å²) in [5.41, 5.74) is 5.91. The molecule has 0 saturated heterocycles. The summed E-state index contributed by atoms with van der Waals surface area (Å²) in [6.45, 7) is 0. The number of ketones is 1. The number of hydrogen-bond donors (Lipinski definition) is 2. The largest absolute Gasteiger partial charge is 0.418 e. The first-order valence-electron chi connectivity index (χ1n) is 6.39. The normalized spacial score (nSPS) is 12.2. The number of rotatable bonds is 2. The van der Waals surface area contributed by atoms with Crippen LogP contribution >= 0.6 is 0 Å². The van der Waals surface area contributed by atoms with Crippen molar-refractivity contribution in [1.82, 2.24) is 0 Å². The minimum atomic E-state index is -4.79. The van der Waals surface area contributed by atoms with E-state index in [1.165, 1.54) is 0 Å². The highest BCUT2D eigenvalue weighted by Crippen LogP contribution is 2.36. The van der Waals surface area contributed by atoms with Crippen LogP contribution in [0.2, 0.25) is 0 Å². The fourth-order valence-corrected chi connectivity index (χ4v) is 2.05. The highest BCUT2D eigenvalue weighted by molar-refractivity contribution is 6.09. The molecule has 0 spiro atoms. The molecule has 0 aromatic heterocycles. The van der Waals surface area contributed by atoms with E-state index in [0.717, 1.165) is 24.3 Å². The summed E-state index contributed by atoms with van der Waals surface area (Å²) in [5, 5.41) is 0. The van der Waals surface area contributed by atoms with Crippen molar-refractivity contribution in [3.05, 3.63) is 58.7 Å². The van der Waals surface area contributed by atoms with Crippen LogP contribution in [0, 0.1) is 0 Å². The van der Waals surface area contributed by atoms with Gasteiger partial charge >= 0.3 is 12.4 Å². The Bertz CT molecular complexity index is 730. The summed E-state index contributed by atoms with van der Waals surface area (Å²) in [4.78, 5) is 12.2. The van der Waals surface area contributed by atoms with E-state index < -0.39 is 51.8 Å². The summed E-state index contributed by atoms with van der Waals surface area (Å²) >= 11 is 0. The van der Waals surface area contributed by atoms with Gasteiger partial charge in [-0.25, -0.2) is 0 Å². The van der Waals surface area contributed by atoms with Crippen molar-refractivity contribution in [2.75, 3.05) is 11.5 Å². The topological polar surface area (TPSA) is 69.1 Å². The molecule has 0 aliphatic heterocycles. The Morgan fingerprint density at radius 1 is 0.708 bits per heavy atom. The van der Waals surface area contributed by atoms with Gasteiger partial charge in [0.05, 0.1) is 11.1 Å². The highest BCUT2D eigenvalue weighted by Gasteiger charge is 2.35. The molecule has 0 bridgehead atoms. The zero-order chi connectivity index (χ0) is 18.3. The molecule has 2 aromatic carbocycles. The molecule has 0 heterocycles. The number of benzene rings is 2. The summed E-state index contributed by atoms with van der Waals surface area (Å²) in [6, 6.07) is 4.77. The van der Waals surface area contributed by atoms with E-state index in [1.807, 2.05) is 0 Å². The molecule has 0 atom stereocenters. The third kappa shape index (κ3) is 3.44. The molecule has 0 fully saturated rings. The smallest absolute Gasteiger partial charge is 0.398 e. The molecule has 4 N–H and O–H groups in total. The number of alkyl halides is 6. The maximum atomic E-state index is 12.8. The van der Waals surface area contributed by atoms with Crippen LogP contribution in [0.5, 0.6) is 0 Å². The van der Waals surface area contributed by atoms with Gasteiger partial charge in [0, 0.05) is 22.5 Å². The van der Waals surface area contributed by atoms with Crippen LogP contribution in [-0.2, 0) is 12.4 Å². The number of anilines is 2. The monoisotopic (exact) mass is 348 g/mol. The Balaban J connectivity index is 2.51. The van der Waals surface area contributed by atoms with Crippen LogP contribution in [0.3, 0.4) is 0 Å². The van der Waals surface area contributed by atoms with Gasteiger partial charge in [0.15, 0.2) is 5.78 Å². The summed E-state index contributed by atoms with van der Waals surface area (Å²) < 4.78 is 76.9. The fraction of sp³-hybridized carbons (Fsp3) is 0.133. The van der Waals surface area contributed by atoms with Gasteiger partial charge in [-0.2, -0.15) is 26.3 Å². The van der Waals surface area contributed by atoms with Crippen molar-refractivity contribution in [3.63, 3.8) is 0 Å². The van der Waals surface area contributed by atoms with E-state index in [-0.39, 0.29) is 0 Å². The summed E-state index contributed by atoms with van der Waals surface area (Å²) in [7, 11) is 0. The van der Waals surface area contributed by atoms with Crippen LogP contribution in [0.15, 0.2) is 36.4 Å². The van der Waals surface area contributed by atoms with Crippen LogP contribution in [0.25, 0.3) is 0 Å². The predicted octanol–water partition coefficient (Wildman–Crippen LogP) is 4.12. The molecule has 2 rings (SSSR count). The van der Waals surface area contributed by atoms with Gasteiger partial charge in [-0.05, 0) is 36.4 Å². The first-order chi connectivity index (χ1) is 10.9. The number of halogens is 6. The first-order valence-corrected chi connectivity index (χ1v) is 6.39. The Hall–Kier alpha value is -2.71. The average Bonchev–Trinajstić information content (AvgIpc) is 2.45. The van der Waals surface area contributed by atoms with Gasteiger partial charge in [-0.3, -0.25) is 4.79 Å². The molecular weight excluding hydrogens is 338 g/mol. The quantitative estimate of drug-likeness (QED) is 0.487. The van der Waals surface area contributed by atoms with Crippen LogP contribution in [-0.4, -0.2) is 5.78 Å². The van der Waals surface area contributed by atoms with Crippen molar-refractivity contribution in [2.24, 2.45) is 0 Å². The van der Waals surface area contributed by atoms with E-state index >= 15 is 0 Å². The third-order valence-electron chi connectivity index (χ3n) is 3.24. The van der Waals surface area contributed by atoms with Crippen LogP contribution in [0.1, 0.15) is 27.0 Å². The number of hydrogen-bond acceptors (Lipinski definition) is 3. The molecule has 128 valence electrons. The molecule has 9 heteroatoms. The molecule has 2 aromatic rings. The molecule has 0 saturated carbocycles. The molecule has 0 amide bonds. The first kappa shape index (κ1) is 17.6. The van der Waals surface area contributed by atoms with Crippen molar-refractivity contribution >= 4 is 17.2 Å². The Labute approximate surface area is 131 Å². The van der Waals surface area contributed by atoms with Crippen LogP contribution in [0.4, 0.5) is 37.7 Å². The summed E-state index contributed by atoms with van der Waals surface area (Å²) in [5.74, 6) is -1.01. The lowest BCUT2D eigenvalue weighted by atomic mass is 9.98. The second kappa shape index (κ2) is 5.73. The molecule has 0 unspecified atom stereocenters. The van der Waals surface area contributed by atoms with E-state index in [9.17, 15) is 31.1 Å². The zero-order valence-corrected chi connectivity index (χ0v) is 11.8. The highest BCUT2D eigenvalue weighted by atomic mass is 19.4. The standard InChI is InChI=1S/C15H10F6N2O/c16-14(17,18)9-5-7(1-3-11(9)22)13(24)8-2-4-12(23)10(6-8)15(19,20)21/h1-6H,22-23H2. The number of nitrogen functional groups attached to an aromatic ring is 2. The Morgan fingerprint density at radius 2 is 1.04 bits per heavy atom. The van der Waals surface area contributed by atoms with Crippen LogP contribution < -0.4 is 11.5 Å². The minimum Gasteiger partial charge on any atom is -0.398 e. The molecule has 0 aliphatic rings. The average molecular weight is 348 g/mol. The Morgan fingerprint density at radius 3 is 1.33 bits per heavy atom. The second-order valence-electron chi connectivity index (χ2n) is 4.93. The number of carbonyl (C=O) groups is 1. The van der Waals surface area contributed by atoms with E-state index in [4.69, 9.17) is 11.5 Å². The van der Waals surface area contributed by atoms with Gasteiger partial charge in [-0.15, -0.1) is 0 Å². The molecule has 0 aliphatic carbocycles. The lowest BCUT2D eigenvalue weighted by molar-refractivity contribution is -0.137. The Kier molecular flexibility index (Phi) is 4.21. The fourth-order valence-electron chi connectivity index (χ4n) is 2.05. The number of carbonyl (C=O) groups excluding carboxylic acids is 1. The van der Waals surface area contributed by atoms with Gasteiger partial charge in [-0.1, -0.05) is 0 Å². The maximum Gasteiger partial charge on any atom is 0.418 e. The lowest BCUT2D eigenvalue weighted by Crippen LogP contribution is -2.13. The van der Waals surface area contributed by atoms with Gasteiger partial charge in [0.25, 0.3) is 0 Å². The minimum absolute atomic E-state index is 0.436. The molecule has 3 nitrogen and oxygen atoms in total. The zero-order valence-electron chi connectivity index (χ0n) is 11.8. The molecule has 0 radical (unpaired) electrons. The second-order valence-corrected chi connectivity index (χ2v) is 4.93. The van der Waals surface area contributed by atoms with E-state index in [0.29, 0.717) is 12.1 Å². The van der Waals surface area contributed by atoms with Gasteiger partial charge < -0.3 is 11.5 Å². The third-order valence-corrected chi connectivity index (χ3v) is 3.24. The molecular formula is C15H10F6N2O. The number of nitrogens with two attached hydrogens (primary N) is 2. The van der Waals surface area contributed by atoms with Crippen molar-refractivity contribution in [1.29, 1.82) is 0 Å². The lowest BCUT2D eigenvalue weighted by Gasteiger charge is -2.13. The van der Waals surface area contributed by atoms with E-state index in [2.05, 4.69) is 0 Å². The van der Waals surface area contributed by atoms with Gasteiger partial charge in [0.2, 0.25) is 0 Å². The van der Waals surface area contributed by atoms with Gasteiger partial charge in [0.1, 0.15) is 0 Å². The van der Waals surface area contributed by atoms with E-state index in [1.54, 1.807) is 0 Å². The SMILES string of the molecule is Nc1ccc(C(=O)c2ccc(N)c(C(F)(F)F)c2)cc1C(F)(F)F. The van der Waals surface area contributed by atoms with Crippen molar-refractivity contribution in [3.8, 4) is 0 Å².